The summed E-state index contributed by atoms with van der Waals surface area (Å²) >= 11 is 0. The van der Waals surface area contributed by atoms with Crippen molar-refractivity contribution < 1.29 is 9.59 Å². The molecule has 4 rings (SSSR count). The Hall–Kier alpha value is -3.54. The number of amides is 2. The molecule has 0 unspecified atom stereocenters. The summed E-state index contributed by atoms with van der Waals surface area (Å²) in [5, 5.41) is 5.83. The van der Waals surface area contributed by atoms with E-state index in [2.05, 4.69) is 70.7 Å². The fraction of sp³-hybridized carbons (Fsp3) is 0.514. The molecule has 6 nitrogen and oxygen atoms in total. The van der Waals surface area contributed by atoms with E-state index < -0.39 is 0 Å². The molecule has 0 aromatic heterocycles. The average Bonchev–Trinajstić information content (AvgIpc) is 3.00. The van der Waals surface area contributed by atoms with Gasteiger partial charge in [0.15, 0.2) is 0 Å². The number of carbonyl (C=O) groups excluding carboxylic acids is 2. The van der Waals surface area contributed by atoms with Crippen LogP contribution >= 0.6 is 0 Å². The third kappa shape index (κ3) is 10.3. The van der Waals surface area contributed by atoms with Crippen molar-refractivity contribution in [2.45, 2.75) is 97.3 Å². The Morgan fingerprint density at radius 2 is 1.02 bits per heavy atom. The maximum atomic E-state index is 12.7. The van der Waals surface area contributed by atoms with Gasteiger partial charge >= 0.3 is 0 Å². The quantitative estimate of drug-likeness (QED) is 0.136. The molecule has 0 saturated carbocycles. The first-order chi connectivity index (χ1) is 21.1. The molecule has 0 fully saturated rings. The van der Waals surface area contributed by atoms with Crippen molar-refractivity contribution in [3.05, 3.63) is 59.7 Å². The Morgan fingerprint density at radius 1 is 0.605 bits per heavy atom. The van der Waals surface area contributed by atoms with Crippen molar-refractivity contribution in [1.29, 1.82) is 0 Å². The van der Waals surface area contributed by atoms with E-state index in [0.29, 0.717) is 11.4 Å². The number of rotatable bonds is 18. The van der Waals surface area contributed by atoms with E-state index in [9.17, 15) is 9.59 Å². The maximum absolute atomic E-state index is 12.7. The van der Waals surface area contributed by atoms with Crippen molar-refractivity contribution in [3.63, 3.8) is 0 Å². The van der Waals surface area contributed by atoms with E-state index in [1.165, 1.54) is 88.4 Å². The number of anilines is 4. The van der Waals surface area contributed by atoms with Crippen molar-refractivity contribution >= 4 is 46.7 Å². The van der Waals surface area contributed by atoms with Crippen LogP contribution in [-0.2, 0) is 9.59 Å². The first kappa shape index (κ1) is 32.4. The topological polar surface area (TPSA) is 64.7 Å². The normalized spacial score (nSPS) is 13.5. The lowest BCUT2D eigenvalue weighted by Gasteiger charge is -2.28. The lowest BCUT2D eigenvalue weighted by atomic mass is 10.1. The first-order valence-corrected chi connectivity index (χ1v) is 16.8. The molecule has 0 aliphatic carbocycles. The Balaban J connectivity index is 1.23. The number of carbonyl (C=O) groups is 2. The van der Waals surface area contributed by atoms with Gasteiger partial charge in [-0.15, -0.1) is 0 Å². The minimum absolute atomic E-state index is 0.228. The summed E-state index contributed by atoms with van der Waals surface area (Å²) in [6.07, 6.45) is 23.8. The number of nitrogens with zero attached hydrogens (tertiary/aromatic N) is 2. The summed E-state index contributed by atoms with van der Waals surface area (Å²) in [6.45, 7) is 8.43. The van der Waals surface area contributed by atoms with Crippen LogP contribution in [0.1, 0.15) is 108 Å². The van der Waals surface area contributed by atoms with Crippen LogP contribution in [-0.4, -0.2) is 38.0 Å². The Kier molecular flexibility index (Phi) is 13.2. The van der Waals surface area contributed by atoms with E-state index in [4.69, 9.17) is 0 Å². The molecule has 2 aliphatic rings. The molecule has 0 spiro atoms. The summed E-state index contributed by atoms with van der Waals surface area (Å²) in [4.78, 5) is 30.3. The second-order valence-electron chi connectivity index (χ2n) is 12.1. The second kappa shape index (κ2) is 17.5. The van der Waals surface area contributed by atoms with Crippen LogP contribution in [0.2, 0.25) is 0 Å². The molecule has 2 aromatic carbocycles. The summed E-state index contributed by atoms with van der Waals surface area (Å²) in [5.41, 5.74) is 6.05. The van der Waals surface area contributed by atoms with Gasteiger partial charge in [-0.25, -0.2) is 0 Å². The number of benzene rings is 2. The molecule has 0 atom stereocenters. The highest BCUT2D eigenvalue weighted by Crippen LogP contribution is 2.30. The fourth-order valence-corrected chi connectivity index (χ4v) is 6.06. The van der Waals surface area contributed by atoms with Gasteiger partial charge in [0.1, 0.15) is 6.42 Å². The highest BCUT2D eigenvalue weighted by Gasteiger charge is 2.17. The van der Waals surface area contributed by atoms with Gasteiger partial charge in [-0.2, -0.15) is 0 Å². The van der Waals surface area contributed by atoms with Gasteiger partial charge in [0.2, 0.25) is 11.8 Å². The molecule has 2 N–H and O–H groups in total. The predicted octanol–water partition coefficient (Wildman–Crippen LogP) is 9.04. The van der Waals surface area contributed by atoms with Crippen LogP contribution < -0.4 is 20.4 Å². The largest absolute Gasteiger partial charge is 0.367 e. The number of hydrogen-bond acceptors (Lipinski definition) is 4. The molecular formula is C37H52N4O2. The lowest BCUT2D eigenvalue weighted by molar-refractivity contribution is -0.123. The monoisotopic (exact) mass is 584 g/mol. The molecule has 0 bridgehead atoms. The third-order valence-corrected chi connectivity index (χ3v) is 8.43. The molecule has 2 aliphatic heterocycles. The van der Waals surface area contributed by atoms with Crippen molar-refractivity contribution in [1.82, 2.24) is 0 Å². The van der Waals surface area contributed by atoms with Crippen LogP contribution in [0.3, 0.4) is 0 Å². The fourth-order valence-electron chi connectivity index (χ4n) is 6.06. The minimum atomic E-state index is -0.316. The Morgan fingerprint density at radius 3 is 1.47 bits per heavy atom. The van der Waals surface area contributed by atoms with E-state index in [1.807, 2.05) is 24.3 Å². The molecule has 0 radical (unpaired) electrons. The van der Waals surface area contributed by atoms with Gasteiger partial charge in [0, 0.05) is 48.9 Å². The van der Waals surface area contributed by atoms with Crippen molar-refractivity contribution in [2.24, 2.45) is 0 Å². The van der Waals surface area contributed by atoms with E-state index in [0.717, 1.165) is 37.3 Å². The molecule has 2 aromatic rings. The van der Waals surface area contributed by atoms with Crippen LogP contribution in [0.4, 0.5) is 22.7 Å². The molecule has 6 heteroatoms. The maximum Gasteiger partial charge on any atom is 0.233 e. The van der Waals surface area contributed by atoms with Gasteiger partial charge in [-0.05, 0) is 60.4 Å². The van der Waals surface area contributed by atoms with Gasteiger partial charge in [0.05, 0.1) is 0 Å². The number of fused-ring (bicyclic) bond motifs is 2. The van der Waals surface area contributed by atoms with Crippen LogP contribution in [0.5, 0.6) is 0 Å². The van der Waals surface area contributed by atoms with Gasteiger partial charge in [0.25, 0.3) is 0 Å². The first-order valence-electron chi connectivity index (χ1n) is 16.8. The zero-order valence-corrected chi connectivity index (χ0v) is 26.5. The van der Waals surface area contributed by atoms with Gasteiger partial charge < -0.3 is 20.4 Å². The molecule has 2 amide bonds. The summed E-state index contributed by atoms with van der Waals surface area (Å²) in [7, 11) is 0. The smallest absolute Gasteiger partial charge is 0.233 e. The molecular weight excluding hydrogens is 532 g/mol. The van der Waals surface area contributed by atoms with E-state index in [1.54, 1.807) is 0 Å². The van der Waals surface area contributed by atoms with Crippen molar-refractivity contribution in [3.8, 4) is 0 Å². The molecule has 0 saturated heterocycles. The third-order valence-electron chi connectivity index (χ3n) is 8.43. The van der Waals surface area contributed by atoms with E-state index >= 15 is 0 Å². The number of unbranched alkanes of at least 4 members (excludes halogenated alkanes) is 10. The van der Waals surface area contributed by atoms with Crippen LogP contribution in [0, 0.1) is 0 Å². The van der Waals surface area contributed by atoms with Crippen molar-refractivity contribution in [2.75, 3.05) is 46.6 Å². The predicted molar refractivity (Wildman–Crippen MR) is 184 cm³/mol. The zero-order valence-electron chi connectivity index (χ0n) is 26.5. The molecule has 43 heavy (non-hydrogen) atoms. The standard InChI is InChI=1S/C37H52N4O2/c1-3-5-7-9-11-13-23-40-25-15-17-30-27-32(19-21-34(30)40)38-36(42)29-37(43)39-33-20-22-35-31(28-33)18-16-26-41(35)24-14-12-10-8-6-4-2/h15-22,27-28H,3-14,23-26,29H2,1-2H3,(H,38,42)(H,39,43). The van der Waals surface area contributed by atoms with E-state index in [-0.39, 0.29) is 18.2 Å². The van der Waals surface area contributed by atoms with Gasteiger partial charge in [-0.3, -0.25) is 9.59 Å². The summed E-state index contributed by atoms with van der Waals surface area (Å²) in [6, 6.07) is 12.1. The lowest BCUT2D eigenvalue weighted by Crippen LogP contribution is -2.27. The Labute approximate surface area is 259 Å². The average molecular weight is 585 g/mol. The van der Waals surface area contributed by atoms with Crippen LogP contribution in [0.25, 0.3) is 12.2 Å². The Bertz CT molecular complexity index is 1160. The zero-order chi connectivity index (χ0) is 30.3. The molecule has 232 valence electrons. The highest BCUT2D eigenvalue weighted by atomic mass is 16.2. The summed E-state index contributed by atoms with van der Waals surface area (Å²) in [5.74, 6) is -0.631. The molecule has 2 heterocycles. The highest BCUT2D eigenvalue weighted by molar-refractivity contribution is 6.08. The second-order valence-corrected chi connectivity index (χ2v) is 12.1. The summed E-state index contributed by atoms with van der Waals surface area (Å²) < 4.78 is 0. The van der Waals surface area contributed by atoms with Crippen LogP contribution in [0.15, 0.2) is 48.6 Å². The van der Waals surface area contributed by atoms with Gasteiger partial charge in [-0.1, -0.05) is 102 Å². The number of nitrogens with one attached hydrogen (secondary N) is 2. The minimum Gasteiger partial charge on any atom is -0.367 e. The number of hydrogen-bond donors (Lipinski definition) is 2. The SMILES string of the molecule is CCCCCCCCN1CC=Cc2cc(NC(=O)CC(=O)Nc3ccc4c(c3)C=CCN4CCCCCCCC)ccc21.